The van der Waals surface area contributed by atoms with Gasteiger partial charge in [0.05, 0.1) is 28.7 Å². The number of primary amides is 1. The molecule has 1 heterocycles. The molecule has 0 spiro atoms. The van der Waals surface area contributed by atoms with Crippen molar-refractivity contribution in [2.75, 3.05) is 31.6 Å². The van der Waals surface area contributed by atoms with Crippen LogP contribution in [-0.2, 0) is 20.5 Å². The van der Waals surface area contributed by atoms with Gasteiger partial charge in [0.15, 0.2) is 0 Å². The Morgan fingerprint density at radius 2 is 1.73 bits per heavy atom. The SMILES string of the molecule is NCC(=O)N1CCC(COC(=O)Nc2ccc(C(F)(F)F)cc2Cl)(C(C(N)=O)c2ccccc2Cl)CC1. The molecule has 1 atom stereocenters. The topological polar surface area (TPSA) is 128 Å². The van der Waals surface area contributed by atoms with Crippen molar-refractivity contribution in [2.45, 2.75) is 24.9 Å². The maximum atomic E-state index is 12.9. The zero-order valence-electron chi connectivity index (χ0n) is 19.5. The predicted octanol–water partition coefficient (Wildman–Crippen LogP) is 4.40. The van der Waals surface area contributed by atoms with E-state index in [0.717, 1.165) is 12.1 Å². The molecule has 0 aliphatic carbocycles. The summed E-state index contributed by atoms with van der Waals surface area (Å²) in [5, 5.41) is 2.28. The summed E-state index contributed by atoms with van der Waals surface area (Å²) >= 11 is 12.3. The van der Waals surface area contributed by atoms with Crippen LogP contribution in [0.4, 0.5) is 23.7 Å². The van der Waals surface area contributed by atoms with Crippen molar-refractivity contribution in [3.05, 3.63) is 63.6 Å². The number of nitrogens with one attached hydrogen (secondary N) is 1. The first-order valence-electron chi connectivity index (χ1n) is 11.2. The van der Waals surface area contributed by atoms with Gasteiger partial charge in [-0.1, -0.05) is 41.4 Å². The van der Waals surface area contributed by atoms with Crippen LogP contribution >= 0.6 is 23.2 Å². The highest BCUT2D eigenvalue weighted by Crippen LogP contribution is 2.46. The first-order chi connectivity index (χ1) is 17.4. The number of halogens is 5. The number of hydrogen-bond donors (Lipinski definition) is 3. The molecule has 5 N–H and O–H groups in total. The monoisotopic (exact) mass is 560 g/mol. The highest BCUT2D eigenvalue weighted by Gasteiger charge is 2.47. The molecule has 1 fully saturated rings. The smallest absolute Gasteiger partial charge is 0.416 e. The van der Waals surface area contributed by atoms with Crippen molar-refractivity contribution in [2.24, 2.45) is 16.9 Å². The second-order valence-corrected chi connectivity index (χ2v) is 9.51. The van der Waals surface area contributed by atoms with Gasteiger partial charge >= 0.3 is 12.3 Å². The van der Waals surface area contributed by atoms with Crippen molar-refractivity contribution in [1.29, 1.82) is 0 Å². The van der Waals surface area contributed by atoms with Crippen LogP contribution in [0.2, 0.25) is 10.0 Å². The molecule has 0 radical (unpaired) electrons. The quantitative estimate of drug-likeness (QED) is 0.462. The molecule has 2 aromatic carbocycles. The van der Waals surface area contributed by atoms with Gasteiger partial charge in [0.25, 0.3) is 0 Å². The molecule has 200 valence electrons. The molecule has 1 unspecified atom stereocenters. The van der Waals surface area contributed by atoms with Crippen LogP contribution in [0.15, 0.2) is 42.5 Å². The minimum atomic E-state index is -4.60. The second-order valence-electron chi connectivity index (χ2n) is 8.70. The highest BCUT2D eigenvalue weighted by molar-refractivity contribution is 6.33. The van der Waals surface area contributed by atoms with Gasteiger partial charge in [-0.2, -0.15) is 13.2 Å². The molecule has 1 aliphatic heterocycles. The van der Waals surface area contributed by atoms with Crippen molar-refractivity contribution in [3.63, 3.8) is 0 Å². The molecule has 1 saturated heterocycles. The number of alkyl halides is 3. The van der Waals surface area contributed by atoms with Gasteiger partial charge in [-0.3, -0.25) is 14.9 Å². The summed E-state index contributed by atoms with van der Waals surface area (Å²) in [4.78, 5) is 39.0. The van der Waals surface area contributed by atoms with E-state index in [1.165, 1.54) is 0 Å². The van der Waals surface area contributed by atoms with E-state index < -0.39 is 35.1 Å². The van der Waals surface area contributed by atoms with Gasteiger partial charge in [0.1, 0.15) is 6.61 Å². The number of benzene rings is 2. The summed E-state index contributed by atoms with van der Waals surface area (Å²) < 4.78 is 44.1. The van der Waals surface area contributed by atoms with Crippen molar-refractivity contribution in [1.82, 2.24) is 4.90 Å². The van der Waals surface area contributed by atoms with Crippen LogP contribution < -0.4 is 16.8 Å². The van der Waals surface area contributed by atoms with E-state index in [-0.39, 0.29) is 55.7 Å². The molecule has 0 aromatic heterocycles. The van der Waals surface area contributed by atoms with Crippen LogP contribution in [0.5, 0.6) is 0 Å². The van der Waals surface area contributed by atoms with Crippen molar-refractivity contribution >= 4 is 46.8 Å². The normalized spacial score (nSPS) is 16.1. The first kappa shape index (κ1) is 28.5. The third-order valence-electron chi connectivity index (χ3n) is 6.42. The number of rotatable bonds is 7. The van der Waals surface area contributed by atoms with E-state index in [0.29, 0.717) is 16.7 Å². The number of amides is 3. The van der Waals surface area contributed by atoms with Crippen molar-refractivity contribution in [3.8, 4) is 0 Å². The number of carbonyl (C=O) groups excluding carboxylic acids is 3. The minimum absolute atomic E-state index is 0.0883. The van der Waals surface area contributed by atoms with E-state index in [2.05, 4.69) is 5.32 Å². The maximum absolute atomic E-state index is 12.9. The lowest BCUT2D eigenvalue weighted by Crippen LogP contribution is -2.51. The summed E-state index contributed by atoms with van der Waals surface area (Å²) in [6.07, 6.45) is -5.11. The Hall–Kier alpha value is -3.02. The van der Waals surface area contributed by atoms with Crippen LogP contribution in [-0.4, -0.2) is 49.0 Å². The number of anilines is 1. The lowest BCUT2D eigenvalue weighted by Gasteiger charge is -2.45. The Labute approximate surface area is 221 Å². The third-order valence-corrected chi connectivity index (χ3v) is 7.08. The van der Waals surface area contributed by atoms with Gasteiger partial charge in [-0.25, -0.2) is 4.79 Å². The number of carbonyl (C=O) groups is 3. The fourth-order valence-electron chi connectivity index (χ4n) is 4.49. The molecule has 8 nitrogen and oxygen atoms in total. The zero-order chi connectivity index (χ0) is 27.4. The number of hydrogen-bond acceptors (Lipinski definition) is 5. The van der Waals surface area contributed by atoms with Gasteiger partial charge in [0.2, 0.25) is 11.8 Å². The largest absolute Gasteiger partial charge is 0.449 e. The highest BCUT2D eigenvalue weighted by atomic mass is 35.5. The third kappa shape index (κ3) is 6.65. The molecular weight excluding hydrogens is 536 g/mol. The molecule has 1 aliphatic rings. The molecule has 37 heavy (non-hydrogen) atoms. The Bertz CT molecular complexity index is 1170. The van der Waals surface area contributed by atoms with Crippen LogP contribution in [0.3, 0.4) is 0 Å². The number of ether oxygens (including phenoxy) is 1. The van der Waals surface area contributed by atoms with Crippen LogP contribution in [0.25, 0.3) is 0 Å². The summed E-state index contributed by atoms with van der Waals surface area (Å²) in [5.74, 6) is -1.92. The number of nitrogens with two attached hydrogens (primary N) is 2. The average Bonchev–Trinajstić information content (AvgIpc) is 2.84. The summed E-state index contributed by atoms with van der Waals surface area (Å²) in [7, 11) is 0. The zero-order valence-corrected chi connectivity index (χ0v) is 21.0. The molecule has 0 bridgehead atoms. The summed E-state index contributed by atoms with van der Waals surface area (Å²) in [6, 6.07) is 9.10. The van der Waals surface area contributed by atoms with Gasteiger partial charge in [-0.15, -0.1) is 0 Å². The lowest BCUT2D eigenvalue weighted by atomic mass is 9.66. The van der Waals surface area contributed by atoms with E-state index in [9.17, 15) is 27.6 Å². The molecule has 13 heteroatoms. The average molecular weight is 561 g/mol. The van der Waals surface area contributed by atoms with Gasteiger partial charge in [-0.05, 0) is 42.7 Å². The van der Waals surface area contributed by atoms with E-state index in [1.54, 1.807) is 29.2 Å². The Morgan fingerprint density at radius 3 is 2.27 bits per heavy atom. The van der Waals surface area contributed by atoms with E-state index in [4.69, 9.17) is 39.4 Å². The van der Waals surface area contributed by atoms with Crippen LogP contribution in [0, 0.1) is 5.41 Å². The Balaban J connectivity index is 1.84. The molecule has 2 aromatic rings. The Morgan fingerprint density at radius 1 is 1.08 bits per heavy atom. The summed E-state index contributed by atoms with van der Waals surface area (Å²) in [6.45, 7) is 0.00405. The lowest BCUT2D eigenvalue weighted by molar-refractivity contribution is -0.137. The standard InChI is InChI=1S/C24H25Cl2F3N4O4/c25-16-4-2-1-3-15(16)20(21(31)35)23(7-9-33(10-8-23)19(34)12-30)13-37-22(36)32-18-6-5-14(11-17(18)26)24(27,28)29/h1-6,11,20H,7-10,12-13,30H2,(H2,31,35)(H,32,36). The molecule has 3 rings (SSSR count). The molecule has 0 saturated carbocycles. The predicted molar refractivity (Wildman–Crippen MR) is 132 cm³/mol. The number of piperidine rings is 1. The molecule has 3 amide bonds. The van der Waals surface area contributed by atoms with E-state index >= 15 is 0 Å². The fraction of sp³-hybridized carbons (Fsp3) is 0.375. The van der Waals surface area contributed by atoms with Crippen LogP contribution in [0.1, 0.15) is 29.9 Å². The fourth-order valence-corrected chi connectivity index (χ4v) is 4.96. The number of likely N-dealkylation sites (tertiary alicyclic amines) is 1. The second kappa shape index (κ2) is 11.6. The van der Waals surface area contributed by atoms with E-state index in [1.807, 2.05) is 0 Å². The minimum Gasteiger partial charge on any atom is -0.449 e. The van der Waals surface area contributed by atoms with Crippen molar-refractivity contribution < 1.29 is 32.3 Å². The number of nitrogens with zero attached hydrogens (tertiary/aromatic N) is 1. The summed E-state index contributed by atoms with van der Waals surface area (Å²) in [5.41, 5.74) is 9.65. The van der Waals surface area contributed by atoms with Gasteiger partial charge in [0, 0.05) is 23.5 Å². The first-order valence-corrected chi connectivity index (χ1v) is 12.0. The Kier molecular flexibility index (Phi) is 8.93. The molecular formula is C24H25Cl2F3N4O4. The maximum Gasteiger partial charge on any atom is 0.416 e. The van der Waals surface area contributed by atoms with Gasteiger partial charge < -0.3 is 21.1 Å².